The van der Waals surface area contributed by atoms with Gasteiger partial charge in [0.1, 0.15) is 5.75 Å². The van der Waals surface area contributed by atoms with Crippen LogP contribution in [0.2, 0.25) is 0 Å². The van der Waals surface area contributed by atoms with Gasteiger partial charge in [-0.15, -0.1) is 0 Å². The molecule has 2 N–H and O–H groups in total. The highest BCUT2D eigenvalue weighted by Gasteiger charge is 2.30. The lowest BCUT2D eigenvalue weighted by Gasteiger charge is -2.26. The van der Waals surface area contributed by atoms with Crippen molar-refractivity contribution in [2.24, 2.45) is 11.8 Å². The molecule has 1 amide bonds. The largest absolute Gasteiger partial charge is 0.493 e. The van der Waals surface area contributed by atoms with Crippen LogP contribution in [-0.2, 0) is 4.79 Å². The lowest BCUT2D eigenvalue weighted by Crippen LogP contribution is -2.37. The van der Waals surface area contributed by atoms with E-state index in [1.165, 1.54) is 5.56 Å². The summed E-state index contributed by atoms with van der Waals surface area (Å²) in [4.78, 5) is 12.2. The van der Waals surface area contributed by atoms with E-state index in [-0.39, 0.29) is 11.8 Å². The van der Waals surface area contributed by atoms with Gasteiger partial charge in [-0.05, 0) is 30.5 Å². The fourth-order valence-electron chi connectivity index (χ4n) is 3.14. The van der Waals surface area contributed by atoms with Crippen molar-refractivity contribution in [3.8, 4) is 5.75 Å². The van der Waals surface area contributed by atoms with E-state index in [0.29, 0.717) is 18.4 Å². The van der Waals surface area contributed by atoms with Crippen molar-refractivity contribution in [2.75, 3.05) is 26.2 Å². The first kappa shape index (κ1) is 13.4. The molecule has 1 saturated heterocycles. The van der Waals surface area contributed by atoms with Crippen molar-refractivity contribution in [2.45, 2.75) is 19.3 Å². The summed E-state index contributed by atoms with van der Waals surface area (Å²) in [6.07, 6.45) is 0.968. The van der Waals surface area contributed by atoms with Crippen LogP contribution in [0.25, 0.3) is 0 Å². The number of para-hydroxylation sites is 1. The molecular formula is C16H22N2O2. The third-order valence-corrected chi connectivity index (χ3v) is 4.46. The third-order valence-electron chi connectivity index (χ3n) is 4.46. The SMILES string of the molecule is C[C@@H]1CNC[C@H]1C(=O)NCC1CCOc2ccccc21. The lowest BCUT2D eigenvalue weighted by atomic mass is 9.92. The molecule has 3 rings (SSSR count). The van der Waals surface area contributed by atoms with Crippen LogP contribution in [0.4, 0.5) is 0 Å². The van der Waals surface area contributed by atoms with E-state index in [1.807, 2.05) is 18.2 Å². The number of amides is 1. The summed E-state index contributed by atoms with van der Waals surface area (Å²) in [6.45, 7) is 5.32. The molecule has 0 aromatic heterocycles. The van der Waals surface area contributed by atoms with Crippen LogP contribution in [0.3, 0.4) is 0 Å². The summed E-state index contributed by atoms with van der Waals surface area (Å²) in [5.74, 6) is 2.07. The zero-order valence-electron chi connectivity index (χ0n) is 11.9. The molecule has 0 radical (unpaired) electrons. The number of ether oxygens (including phenoxy) is 1. The number of hydrogen-bond donors (Lipinski definition) is 2. The second kappa shape index (κ2) is 5.83. The molecule has 108 valence electrons. The monoisotopic (exact) mass is 274 g/mol. The van der Waals surface area contributed by atoms with Crippen molar-refractivity contribution in [3.63, 3.8) is 0 Å². The van der Waals surface area contributed by atoms with Crippen LogP contribution in [-0.4, -0.2) is 32.1 Å². The molecular weight excluding hydrogens is 252 g/mol. The van der Waals surface area contributed by atoms with E-state index in [1.54, 1.807) is 0 Å². The second-order valence-corrected chi connectivity index (χ2v) is 5.86. The molecule has 0 saturated carbocycles. The van der Waals surface area contributed by atoms with Crippen molar-refractivity contribution in [1.29, 1.82) is 0 Å². The maximum absolute atomic E-state index is 12.2. The molecule has 4 nitrogen and oxygen atoms in total. The Morgan fingerprint density at radius 2 is 2.25 bits per heavy atom. The quantitative estimate of drug-likeness (QED) is 0.879. The minimum atomic E-state index is 0.116. The highest BCUT2D eigenvalue weighted by molar-refractivity contribution is 5.79. The van der Waals surface area contributed by atoms with E-state index in [2.05, 4.69) is 23.6 Å². The van der Waals surface area contributed by atoms with Gasteiger partial charge < -0.3 is 15.4 Å². The summed E-state index contributed by atoms with van der Waals surface area (Å²) in [5.41, 5.74) is 1.22. The summed E-state index contributed by atoms with van der Waals surface area (Å²) in [5, 5.41) is 6.41. The first-order valence-electron chi connectivity index (χ1n) is 7.46. The normalized spacial score (nSPS) is 28.6. The molecule has 1 aromatic carbocycles. The smallest absolute Gasteiger partial charge is 0.224 e. The highest BCUT2D eigenvalue weighted by Crippen LogP contribution is 2.32. The topological polar surface area (TPSA) is 50.4 Å². The average molecular weight is 274 g/mol. The number of carbonyl (C=O) groups excluding carboxylic acids is 1. The van der Waals surface area contributed by atoms with Gasteiger partial charge in [-0.25, -0.2) is 0 Å². The van der Waals surface area contributed by atoms with Crippen molar-refractivity contribution in [1.82, 2.24) is 10.6 Å². The van der Waals surface area contributed by atoms with E-state index >= 15 is 0 Å². The Hall–Kier alpha value is -1.55. The van der Waals surface area contributed by atoms with Crippen molar-refractivity contribution >= 4 is 5.91 Å². The van der Waals surface area contributed by atoms with Gasteiger partial charge in [0.15, 0.2) is 0 Å². The lowest BCUT2D eigenvalue weighted by molar-refractivity contribution is -0.125. The minimum Gasteiger partial charge on any atom is -0.493 e. The molecule has 0 spiro atoms. The summed E-state index contributed by atoms with van der Waals surface area (Å²) in [7, 11) is 0. The van der Waals surface area contributed by atoms with Crippen LogP contribution in [0.1, 0.15) is 24.8 Å². The first-order valence-corrected chi connectivity index (χ1v) is 7.46. The van der Waals surface area contributed by atoms with Gasteiger partial charge in [-0.2, -0.15) is 0 Å². The third kappa shape index (κ3) is 2.66. The molecule has 4 heteroatoms. The molecule has 2 heterocycles. The van der Waals surface area contributed by atoms with Gasteiger partial charge in [0.05, 0.1) is 12.5 Å². The number of benzene rings is 1. The molecule has 2 aliphatic rings. The van der Waals surface area contributed by atoms with Crippen LogP contribution >= 0.6 is 0 Å². The van der Waals surface area contributed by atoms with E-state index in [4.69, 9.17) is 4.74 Å². The van der Waals surface area contributed by atoms with Gasteiger partial charge in [0.25, 0.3) is 0 Å². The Morgan fingerprint density at radius 3 is 3.05 bits per heavy atom. The standard InChI is InChI=1S/C16H22N2O2/c1-11-8-17-10-14(11)16(19)18-9-12-6-7-20-15-5-3-2-4-13(12)15/h2-5,11-12,14,17H,6-10H2,1H3,(H,18,19)/t11-,12?,14-/m1/s1. The van der Waals surface area contributed by atoms with E-state index in [9.17, 15) is 4.79 Å². The second-order valence-electron chi connectivity index (χ2n) is 5.86. The number of nitrogens with one attached hydrogen (secondary N) is 2. The van der Waals surface area contributed by atoms with Gasteiger partial charge in [-0.1, -0.05) is 25.1 Å². The maximum atomic E-state index is 12.2. The predicted octanol–water partition coefficient (Wildman–Crippen LogP) is 1.52. The van der Waals surface area contributed by atoms with E-state index < -0.39 is 0 Å². The van der Waals surface area contributed by atoms with E-state index in [0.717, 1.165) is 31.9 Å². The fraction of sp³-hybridized carbons (Fsp3) is 0.562. The Balaban J connectivity index is 1.60. The Kier molecular flexibility index (Phi) is 3.92. The summed E-state index contributed by atoms with van der Waals surface area (Å²) < 4.78 is 5.65. The Labute approximate surface area is 119 Å². The molecule has 1 fully saturated rings. The number of rotatable bonds is 3. The highest BCUT2D eigenvalue weighted by atomic mass is 16.5. The van der Waals surface area contributed by atoms with Crippen LogP contribution in [0.5, 0.6) is 5.75 Å². The molecule has 20 heavy (non-hydrogen) atoms. The molecule has 3 atom stereocenters. The molecule has 2 aliphatic heterocycles. The van der Waals surface area contributed by atoms with Gasteiger partial charge in [-0.3, -0.25) is 4.79 Å². The van der Waals surface area contributed by atoms with Gasteiger partial charge in [0, 0.05) is 19.0 Å². The minimum absolute atomic E-state index is 0.116. The van der Waals surface area contributed by atoms with Crippen molar-refractivity contribution < 1.29 is 9.53 Å². The van der Waals surface area contributed by atoms with Gasteiger partial charge >= 0.3 is 0 Å². The van der Waals surface area contributed by atoms with Crippen LogP contribution in [0, 0.1) is 11.8 Å². The first-order chi connectivity index (χ1) is 9.75. The van der Waals surface area contributed by atoms with Crippen LogP contribution in [0.15, 0.2) is 24.3 Å². The number of fused-ring (bicyclic) bond motifs is 1. The summed E-state index contributed by atoms with van der Waals surface area (Å²) >= 11 is 0. The maximum Gasteiger partial charge on any atom is 0.224 e. The number of carbonyl (C=O) groups is 1. The molecule has 1 unspecified atom stereocenters. The number of hydrogen-bond acceptors (Lipinski definition) is 3. The molecule has 0 bridgehead atoms. The fourth-order valence-corrected chi connectivity index (χ4v) is 3.14. The average Bonchev–Trinajstić information content (AvgIpc) is 2.91. The zero-order valence-corrected chi connectivity index (χ0v) is 11.9. The Bertz CT molecular complexity index is 489. The van der Waals surface area contributed by atoms with Crippen molar-refractivity contribution in [3.05, 3.63) is 29.8 Å². The van der Waals surface area contributed by atoms with Crippen LogP contribution < -0.4 is 15.4 Å². The Morgan fingerprint density at radius 1 is 1.40 bits per heavy atom. The van der Waals surface area contributed by atoms with Gasteiger partial charge in [0.2, 0.25) is 5.91 Å². The molecule has 0 aliphatic carbocycles. The predicted molar refractivity (Wildman–Crippen MR) is 77.8 cm³/mol. The molecule has 1 aromatic rings. The zero-order chi connectivity index (χ0) is 13.9. The summed E-state index contributed by atoms with van der Waals surface area (Å²) in [6, 6.07) is 8.13.